The minimum absolute atomic E-state index is 0.693. The van der Waals surface area contributed by atoms with E-state index in [9.17, 15) is 0 Å². The lowest BCUT2D eigenvalue weighted by atomic mass is 10.3. The van der Waals surface area contributed by atoms with Gasteiger partial charge in [-0.15, -0.1) is 0 Å². The van der Waals surface area contributed by atoms with E-state index in [4.69, 9.17) is 4.74 Å². The molecule has 0 atom stereocenters. The van der Waals surface area contributed by atoms with Crippen LogP contribution in [-0.4, -0.2) is 31.3 Å². The predicted molar refractivity (Wildman–Crippen MR) is 64.2 cm³/mol. The smallest absolute Gasteiger partial charge is 0.0637 e. The Hall–Kier alpha value is -0.610. The fraction of sp³-hybridized carbons (Fsp3) is 0.545. The van der Waals surface area contributed by atoms with Crippen molar-refractivity contribution in [3.05, 3.63) is 22.9 Å². The van der Waals surface area contributed by atoms with Crippen LogP contribution in [0, 0.1) is 0 Å². The van der Waals surface area contributed by atoms with Gasteiger partial charge in [0.1, 0.15) is 0 Å². The highest BCUT2D eigenvalue weighted by Gasteiger charge is 2.29. The van der Waals surface area contributed by atoms with E-state index in [2.05, 4.69) is 31.9 Å². The van der Waals surface area contributed by atoms with Crippen molar-refractivity contribution in [2.75, 3.05) is 25.2 Å². The summed E-state index contributed by atoms with van der Waals surface area (Å²) in [7, 11) is 1.74. The predicted octanol–water partition coefficient (Wildman–Crippen LogP) is 2.46. The average molecular weight is 271 g/mol. The second-order valence-corrected chi connectivity index (χ2v) is 4.60. The van der Waals surface area contributed by atoms with Gasteiger partial charge in [0.15, 0.2) is 0 Å². The lowest BCUT2D eigenvalue weighted by molar-refractivity contribution is 0.205. The molecule has 82 valence electrons. The number of hydrogen-bond acceptors (Lipinski definition) is 3. The summed E-state index contributed by atoms with van der Waals surface area (Å²) in [4.78, 5) is 6.48. The average Bonchev–Trinajstić information content (AvgIpc) is 3.05. The van der Waals surface area contributed by atoms with Crippen LogP contribution in [0.25, 0.3) is 0 Å². The molecule has 1 aromatic heterocycles. The Bertz CT molecular complexity index is 328. The van der Waals surface area contributed by atoms with E-state index < -0.39 is 0 Å². The van der Waals surface area contributed by atoms with E-state index in [0.717, 1.165) is 17.6 Å². The monoisotopic (exact) mass is 270 g/mol. The van der Waals surface area contributed by atoms with E-state index in [1.165, 1.54) is 18.5 Å². The number of nitrogens with zero attached hydrogens (tertiary/aromatic N) is 2. The van der Waals surface area contributed by atoms with Crippen LogP contribution in [0.5, 0.6) is 0 Å². The molecule has 1 fully saturated rings. The zero-order valence-electron chi connectivity index (χ0n) is 8.82. The molecule has 1 heterocycles. The normalized spacial score (nSPS) is 15.3. The molecule has 4 heteroatoms. The van der Waals surface area contributed by atoms with Gasteiger partial charge in [0.25, 0.3) is 0 Å². The molecule has 0 radical (unpaired) electrons. The second-order valence-electron chi connectivity index (χ2n) is 3.74. The maximum atomic E-state index is 5.14. The van der Waals surface area contributed by atoms with Crippen LogP contribution >= 0.6 is 15.9 Å². The van der Waals surface area contributed by atoms with Crippen molar-refractivity contribution >= 4 is 21.6 Å². The van der Waals surface area contributed by atoms with Gasteiger partial charge in [-0.1, -0.05) is 0 Å². The number of methoxy groups -OCH3 is 1. The van der Waals surface area contributed by atoms with Crippen LogP contribution in [0.1, 0.15) is 12.8 Å². The highest BCUT2D eigenvalue weighted by Crippen LogP contribution is 2.34. The molecule has 0 bridgehead atoms. The molecule has 15 heavy (non-hydrogen) atoms. The minimum atomic E-state index is 0.693. The van der Waals surface area contributed by atoms with Crippen molar-refractivity contribution in [1.82, 2.24) is 4.98 Å². The lowest BCUT2D eigenvalue weighted by Crippen LogP contribution is -2.29. The summed E-state index contributed by atoms with van der Waals surface area (Å²) in [6, 6.07) is 2.75. The molecular formula is C11H15BrN2O. The molecule has 2 rings (SSSR count). The van der Waals surface area contributed by atoms with Crippen LogP contribution in [0.3, 0.4) is 0 Å². The van der Waals surface area contributed by atoms with E-state index in [-0.39, 0.29) is 0 Å². The molecule has 3 nitrogen and oxygen atoms in total. The first-order chi connectivity index (χ1) is 7.33. The Labute approximate surface area is 98.6 Å². The Morgan fingerprint density at radius 1 is 1.60 bits per heavy atom. The van der Waals surface area contributed by atoms with Gasteiger partial charge < -0.3 is 9.64 Å². The molecule has 1 aromatic rings. The molecule has 0 aromatic carbocycles. The van der Waals surface area contributed by atoms with Crippen molar-refractivity contribution in [2.45, 2.75) is 18.9 Å². The zero-order chi connectivity index (χ0) is 10.7. The molecule has 0 saturated heterocycles. The summed E-state index contributed by atoms with van der Waals surface area (Å²) in [5.41, 5.74) is 1.23. The lowest BCUT2D eigenvalue weighted by Gasteiger charge is -2.25. The van der Waals surface area contributed by atoms with Gasteiger partial charge in [-0.3, -0.25) is 4.98 Å². The van der Waals surface area contributed by atoms with Crippen molar-refractivity contribution in [2.24, 2.45) is 0 Å². The van der Waals surface area contributed by atoms with E-state index in [0.29, 0.717) is 6.04 Å². The number of rotatable bonds is 5. The van der Waals surface area contributed by atoms with E-state index in [1.807, 2.05) is 12.4 Å². The van der Waals surface area contributed by atoms with Gasteiger partial charge in [0.05, 0.1) is 16.8 Å². The Balaban J connectivity index is 2.13. The number of pyridine rings is 1. The molecule has 1 saturated carbocycles. The number of hydrogen-bond donors (Lipinski definition) is 0. The van der Waals surface area contributed by atoms with Gasteiger partial charge in [-0.05, 0) is 34.8 Å². The summed E-state index contributed by atoms with van der Waals surface area (Å²) >= 11 is 3.54. The van der Waals surface area contributed by atoms with Crippen molar-refractivity contribution < 1.29 is 4.74 Å². The highest BCUT2D eigenvalue weighted by molar-refractivity contribution is 9.10. The molecule has 0 spiro atoms. The van der Waals surface area contributed by atoms with Crippen LogP contribution in [0.15, 0.2) is 22.9 Å². The van der Waals surface area contributed by atoms with E-state index >= 15 is 0 Å². The molecule has 0 aliphatic heterocycles. The third kappa shape index (κ3) is 2.69. The maximum absolute atomic E-state index is 5.14. The summed E-state index contributed by atoms with van der Waals surface area (Å²) < 4.78 is 6.20. The van der Waals surface area contributed by atoms with Gasteiger partial charge in [0, 0.05) is 32.1 Å². The molecule has 1 aliphatic rings. The van der Waals surface area contributed by atoms with E-state index in [1.54, 1.807) is 7.11 Å². The largest absolute Gasteiger partial charge is 0.383 e. The van der Waals surface area contributed by atoms with Gasteiger partial charge in [-0.2, -0.15) is 0 Å². The maximum Gasteiger partial charge on any atom is 0.0637 e. The number of halogens is 1. The Morgan fingerprint density at radius 2 is 2.40 bits per heavy atom. The fourth-order valence-electron chi connectivity index (χ4n) is 1.68. The van der Waals surface area contributed by atoms with Gasteiger partial charge in [-0.25, -0.2) is 0 Å². The van der Waals surface area contributed by atoms with Crippen LogP contribution in [0.4, 0.5) is 5.69 Å². The molecule has 0 N–H and O–H groups in total. The third-order valence-corrected chi connectivity index (χ3v) is 3.20. The standard InChI is InChI=1S/C11H15BrN2O/c1-15-7-6-14(9-2-3-9)11-4-5-13-8-10(11)12/h4-5,8-9H,2-3,6-7H2,1H3. The quantitative estimate of drug-likeness (QED) is 0.822. The summed E-state index contributed by atoms with van der Waals surface area (Å²) in [5.74, 6) is 0. The first kappa shape index (κ1) is 10.9. The minimum Gasteiger partial charge on any atom is -0.383 e. The van der Waals surface area contributed by atoms with Crippen molar-refractivity contribution in [3.8, 4) is 0 Å². The fourth-order valence-corrected chi connectivity index (χ4v) is 2.15. The van der Waals surface area contributed by atoms with Gasteiger partial charge in [0.2, 0.25) is 0 Å². The Morgan fingerprint density at radius 3 is 3.00 bits per heavy atom. The van der Waals surface area contributed by atoms with Crippen molar-refractivity contribution in [3.63, 3.8) is 0 Å². The first-order valence-corrected chi connectivity index (χ1v) is 5.97. The summed E-state index contributed by atoms with van der Waals surface area (Å²) in [6.45, 7) is 1.72. The number of aromatic nitrogens is 1. The summed E-state index contributed by atoms with van der Waals surface area (Å²) in [5, 5.41) is 0. The van der Waals surface area contributed by atoms with Crippen molar-refractivity contribution in [1.29, 1.82) is 0 Å². The third-order valence-electron chi connectivity index (χ3n) is 2.58. The second kappa shape index (κ2) is 4.94. The Kier molecular flexibility index (Phi) is 3.59. The highest BCUT2D eigenvalue weighted by atomic mass is 79.9. The molecule has 1 aliphatic carbocycles. The summed E-state index contributed by atoms with van der Waals surface area (Å²) in [6.07, 6.45) is 6.26. The van der Waals surface area contributed by atoms with Crippen LogP contribution in [-0.2, 0) is 4.74 Å². The molecular weight excluding hydrogens is 256 g/mol. The molecule has 0 unspecified atom stereocenters. The SMILES string of the molecule is COCCN(c1ccncc1Br)C1CC1. The van der Waals surface area contributed by atoms with Crippen LogP contribution < -0.4 is 4.90 Å². The number of ether oxygens (including phenoxy) is 1. The topological polar surface area (TPSA) is 25.4 Å². The zero-order valence-corrected chi connectivity index (χ0v) is 10.4. The van der Waals surface area contributed by atoms with Crippen LogP contribution in [0.2, 0.25) is 0 Å². The first-order valence-electron chi connectivity index (χ1n) is 5.18. The number of anilines is 1. The molecule has 0 amide bonds. The van der Waals surface area contributed by atoms with Gasteiger partial charge >= 0.3 is 0 Å².